The molecule has 0 radical (unpaired) electrons. The Morgan fingerprint density at radius 2 is 1.65 bits per heavy atom. The number of rotatable bonds is 6. The summed E-state index contributed by atoms with van der Waals surface area (Å²) < 4.78 is 5.99. The third kappa shape index (κ3) is 6.62. The Hall–Kier alpha value is -2.73. The molecular formula is C23H20Cl3N3O2. The third-order valence-corrected chi connectivity index (χ3v) is 5.32. The second kappa shape index (κ2) is 10.5. The van der Waals surface area contributed by atoms with Gasteiger partial charge >= 0.3 is 6.03 Å². The first-order valence-electron chi connectivity index (χ1n) is 9.35. The minimum Gasteiger partial charge on any atom is -0.488 e. The van der Waals surface area contributed by atoms with Crippen LogP contribution in [0.2, 0.25) is 15.1 Å². The highest BCUT2D eigenvalue weighted by Crippen LogP contribution is 2.27. The first kappa shape index (κ1) is 22.9. The molecule has 0 heterocycles. The van der Waals surface area contributed by atoms with Crippen molar-refractivity contribution in [3.05, 3.63) is 91.9 Å². The Kier molecular flexibility index (Phi) is 7.80. The maximum Gasteiger partial charge on any atom is 0.339 e. The molecule has 0 saturated heterocycles. The number of nitrogens with one attached hydrogen (secondary N) is 2. The normalized spacial score (nSPS) is 10.9. The molecule has 0 saturated carbocycles. The van der Waals surface area contributed by atoms with Crippen molar-refractivity contribution in [2.45, 2.75) is 20.5 Å². The van der Waals surface area contributed by atoms with E-state index in [4.69, 9.17) is 39.5 Å². The maximum atomic E-state index is 11.9. The highest BCUT2D eigenvalue weighted by molar-refractivity contribution is 6.42. The van der Waals surface area contributed by atoms with E-state index in [0.29, 0.717) is 27.4 Å². The van der Waals surface area contributed by atoms with Gasteiger partial charge in [0.1, 0.15) is 12.4 Å². The number of urea groups is 1. The number of aryl methyl sites for hydroxylation is 2. The van der Waals surface area contributed by atoms with Crippen LogP contribution in [0, 0.1) is 13.8 Å². The molecule has 0 spiro atoms. The minimum absolute atomic E-state index is 0.373. The summed E-state index contributed by atoms with van der Waals surface area (Å²) in [6.07, 6.45) is 1.57. The van der Waals surface area contributed by atoms with Gasteiger partial charge in [-0.3, -0.25) is 0 Å². The Morgan fingerprint density at radius 1 is 0.968 bits per heavy atom. The molecule has 3 rings (SSSR count). The van der Waals surface area contributed by atoms with Crippen LogP contribution in [0.3, 0.4) is 0 Å². The van der Waals surface area contributed by atoms with Gasteiger partial charge in [-0.05, 0) is 84.6 Å². The summed E-state index contributed by atoms with van der Waals surface area (Å²) in [4.78, 5) is 11.9. The van der Waals surface area contributed by atoms with Crippen molar-refractivity contribution in [3.8, 4) is 5.75 Å². The molecule has 0 aliphatic carbocycles. The number of hydrogen-bond donors (Lipinski definition) is 2. The van der Waals surface area contributed by atoms with Gasteiger partial charge in [0, 0.05) is 10.7 Å². The van der Waals surface area contributed by atoms with E-state index in [2.05, 4.69) is 15.8 Å². The van der Waals surface area contributed by atoms with Crippen molar-refractivity contribution >= 4 is 52.7 Å². The van der Waals surface area contributed by atoms with Gasteiger partial charge in [0.05, 0.1) is 16.3 Å². The Labute approximate surface area is 196 Å². The summed E-state index contributed by atoms with van der Waals surface area (Å²) in [7, 11) is 0. The molecule has 31 heavy (non-hydrogen) atoms. The quantitative estimate of drug-likeness (QED) is 0.297. The van der Waals surface area contributed by atoms with E-state index in [1.807, 2.05) is 32.0 Å². The molecule has 8 heteroatoms. The fourth-order valence-electron chi connectivity index (χ4n) is 2.93. The van der Waals surface area contributed by atoms with Crippen LogP contribution in [0.15, 0.2) is 59.7 Å². The molecule has 0 unspecified atom stereocenters. The van der Waals surface area contributed by atoms with Gasteiger partial charge in [0.15, 0.2) is 0 Å². The number of carbonyl (C=O) groups excluding carboxylic acids is 1. The number of carbonyl (C=O) groups is 1. The molecule has 0 aliphatic rings. The Balaban J connectivity index is 1.59. The van der Waals surface area contributed by atoms with E-state index in [0.717, 1.165) is 28.0 Å². The van der Waals surface area contributed by atoms with Crippen LogP contribution < -0.4 is 15.5 Å². The highest BCUT2D eigenvalue weighted by Gasteiger charge is 2.08. The maximum absolute atomic E-state index is 11.9. The van der Waals surface area contributed by atoms with E-state index in [1.165, 1.54) is 0 Å². The molecule has 0 atom stereocenters. The number of benzene rings is 3. The molecule has 5 nitrogen and oxygen atoms in total. The fraction of sp³-hybridized carbons (Fsp3) is 0.130. The number of halogens is 3. The van der Waals surface area contributed by atoms with Gasteiger partial charge in [0.2, 0.25) is 0 Å². The third-order valence-electron chi connectivity index (χ3n) is 4.33. The first-order chi connectivity index (χ1) is 14.8. The summed E-state index contributed by atoms with van der Waals surface area (Å²) >= 11 is 17.8. The number of anilines is 1. The van der Waals surface area contributed by atoms with Gasteiger partial charge in [-0.1, -0.05) is 40.9 Å². The zero-order valence-electron chi connectivity index (χ0n) is 16.9. The van der Waals surface area contributed by atoms with Crippen molar-refractivity contribution in [2.75, 3.05) is 5.32 Å². The van der Waals surface area contributed by atoms with Crippen LogP contribution >= 0.6 is 34.8 Å². The average molecular weight is 477 g/mol. The molecule has 2 N–H and O–H groups in total. The smallest absolute Gasteiger partial charge is 0.339 e. The number of nitrogens with zero attached hydrogens (tertiary/aromatic N) is 1. The molecular weight excluding hydrogens is 457 g/mol. The lowest BCUT2D eigenvalue weighted by molar-refractivity contribution is 0.252. The summed E-state index contributed by atoms with van der Waals surface area (Å²) in [6, 6.07) is 15.6. The molecule has 0 aliphatic heterocycles. The van der Waals surface area contributed by atoms with Gasteiger partial charge in [-0.2, -0.15) is 5.10 Å². The number of hydrogen-bond acceptors (Lipinski definition) is 3. The van der Waals surface area contributed by atoms with E-state index in [-0.39, 0.29) is 0 Å². The molecule has 0 bridgehead atoms. The van der Waals surface area contributed by atoms with Crippen molar-refractivity contribution in [2.24, 2.45) is 5.10 Å². The average Bonchev–Trinajstić information content (AvgIpc) is 2.71. The van der Waals surface area contributed by atoms with Crippen molar-refractivity contribution in [1.82, 2.24) is 5.43 Å². The van der Waals surface area contributed by atoms with Crippen molar-refractivity contribution in [1.29, 1.82) is 0 Å². The Morgan fingerprint density at radius 3 is 2.29 bits per heavy atom. The SMILES string of the molecule is Cc1cc(/C=N\NC(=O)Nc2ccc(Cl)cc2)cc(C)c1OCc1ccc(Cl)c(Cl)c1. The monoisotopic (exact) mass is 475 g/mol. The summed E-state index contributed by atoms with van der Waals surface area (Å²) in [6.45, 7) is 4.28. The molecule has 3 aromatic rings. The van der Waals surface area contributed by atoms with Crippen LogP contribution in [0.4, 0.5) is 10.5 Å². The fourth-order valence-corrected chi connectivity index (χ4v) is 3.38. The largest absolute Gasteiger partial charge is 0.488 e. The topological polar surface area (TPSA) is 62.7 Å². The van der Waals surface area contributed by atoms with Crippen molar-refractivity contribution in [3.63, 3.8) is 0 Å². The predicted molar refractivity (Wildman–Crippen MR) is 128 cm³/mol. The van der Waals surface area contributed by atoms with Crippen LogP contribution in [0.1, 0.15) is 22.3 Å². The van der Waals surface area contributed by atoms with Crippen LogP contribution in [0.5, 0.6) is 5.75 Å². The van der Waals surface area contributed by atoms with Gasteiger partial charge in [0.25, 0.3) is 0 Å². The first-order valence-corrected chi connectivity index (χ1v) is 10.5. The lowest BCUT2D eigenvalue weighted by Crippen LogP contribution is -2.24. The van der Waals surface area contributed by atoms with E-state index in [1.54, 1.807) is 42.6 Å². The summed E-state index contributed by atoms with van der Waals surface area (Å²) in [5.41, 5.74) is 6.72. The number of ether oxygens (including phenoxy) is 1. The van der Waals surface area contributed by atoms with Gasteiger partial charge in [-0.25, -0.2) is 10.2 Å². The standard InChI is InChI=1S/C23H20Cl3N3O2/c1-14-9-17(12-27-29-23(30)28-19-6-4-18(24)5-7-19)10-15(2)22(14)31-13-16-3-8-20(25)21(26)11-16/h3-12H,13H2,1-2H3,(H2,28,29,30)/b27-12-. The van der Waals surface area contributed by atoms with Crippen LogP contribution in [0.25, 0.3) is 0 Å². The second-order valence-electron chi connectivity index (χ2n) is 6.85. The zero-order chi connectivity index (χ0) is 22.4. The van der Waals surface area contributed by atoms with Gasteiger partial charge in [-0.15, -0.1) is 0 Å². The molecule has 2 amide bonds. The molecule has 0 aromatic heterocycles. The van der Waals surface area contributed by atoms with E-state index in [9.17, 15) is 4.79 Å². The lowest BCUT2D eigenvalue weighted by Gasteiger charge is -2.13. The van der Waals surface area contributed by atoms with Crippen LogP contribution in [-0.2, 0) is 6.61 Å². The second-order valence-corrected chi connectivity index (χ2v) is 8.10. The minimum atomic E-state index is -0.450. The summed E-state index contributed by atoms with van der Waals surface area (Å²) in [5.74, 6) is 0.789. The van der Waals surface area contributed by atoms with Gasteiger partial charge < -0.3 is 10.1 Å². The zero-order valence-corrected chi connectivity index (χ0v) is 19.1. The predicted octanol–water partition coefficient (Wildman–Crippen LogP) is 7.00. The van der Waals surface area contributed by atoms with E-state index >= 15 is 0 Å². The summed E-state index contributed by atoms with van der Waals surface area (Å²) in [5, 5.41) is 8.27. The highest BCUT2D eigenvalue weighted by atomic mass is 35.5. The molecule has 160 valence electrons. The molecule has 0 fully saturated rings. The Bertz CT molecular complexity index is 1090. The number of hydrazone groups is 1. The van der Waals surface area contributed by atoms with Crippen LogP contribution in [-0.4, -0.2) is 12.2 Å². The molecule has 3 aromatic carbocycles. The number of amides is 2. The van der Waals surface area contributed by atoms with E-state index < -0.39 is 6.03 Å². The van der Waals surface area contributed by atoms with Crippen molar-refractivity contribution < 1.29 is 9.53 Å². The lowest BCUT2D eigenvalue weighted by atomic mass is 10.1.